The summed E-state index contributed by atoms with van der Waals surface area (Å²) in [4.78, 5) is 0. The highest BCUT2D eigenvalue weighted by Gasteiger charge is 1.96. The fourth-order valence-corrected chi connectivity index (χ4v) is 2.02. The van der Waals surface area contributed by atoms with Gasteiger partial charge in [0.1, 0.15) is 5.75 Å². The topological polar surface area (TPSA) is 21.3 Å². The van der Waals surface area contributed by atoms with Crippen LogP contribution in [-0.4, -0.2) is 7.11 Å². The summed E-state index contributed by atoms with van der Waals surface area (Å²) in [6.45, 7) is 1.70. The van der Waals surface area contributed by atoms with Gasteiger partial charge in [0.2, 0.25) is 0 Å². The van der Waals surface area contributed by atoms with Gasteiger partial charge < -0.3 is 10.1 Å². The third-order valence-electron chi connectivity index (χ3n) is 2.99. The molecule has 19 heavy (non-hydrogen) atoms. The van der Waals surface area contributed by atoms with E-state index in [9.17, 15) is 0 Å². The molecule has 0 unspecified atom stereocenters. The van der Waals surface area contributed by atoms with Gasteiger partial charge in [-0.3, -0.25) is 0 Å². The average Bonchev–Trinajstić information content (AvgIpc) is 2.49. The fourth-order valence-electron chi connectivity index (χ4n) is 1.84. The summed E-state index contributed by atoms with van der Waals surface area (Å²) in [6.07, 6.45) is 0. The number of benzene rings is 2. The lowest BCUT2D eigenvalue weighted by Crippen LogP contribution is -2.12. The van der Waals surface area contributed by atoms with E-state index in [0.29, 0.717) is 5.88 Å². The van der Waals surface area contributed by atoms with Gasteiger partial charge in [0.15, 0.2) is 0 Å². The van der Waals surface area contributed by atoms with E-state index in [1.807, 2.05) is 12.1 Å². The second kappa shape index (κ2) is 7.17. The van der Waals surface area contributed by atoms with Crippen LogP contribution in [0.15, 0.2) is 48.5 Å². The third kappa shape index (κ3) is 4.27. The van der Waals surface area contributed by atoms with Crippen molar-refractivity contribution >= 4 is 11.6 Å². The minimum absolute atomic E-state index is 0.569. The number of ether oxygens (including phenoxy) is 1. The number of alkyl halides is 1. The van der Waals surface area contributed by atoms with E-state index in [2.05, 4.69) is 41.7 Å². The molecule has 0 amide bonds. The molecule has 0 aliphatic heterocycles. The van der Waals surface area contributed by atoms with Crippen molar-refractivity contribution in [3.05, 3.63) is 65.2 Å². The van der Waals surface area contributed by atoms with Crippen molar-refractivity contribution in [2.24, 2.45) is 0 Å². The molecule has 0 heterocycles. The molecule has 2 aromatic carbocycles. The Morgan fingerprint density at radius 2 is 1.32 bits per heavy atom. The first-order valence-electron chi connectivity index (χ1n) is 6.29. The maximum absolute atomic E-state index is 5.76. The first-order chi connectivity index (χ1) is 9.31. The maximum atomic E-state index is 5.76. The monoisotopic (exact) mass is 275 g/mol. The number of rotatable bonds is 6. The zero-order valence-electron chi connectivity index (χ0n) is 11.0. The Hall–Kier alpha value is -1.51. The van der Waals surface area contributed by atoms with E-state index in [4.69, 9.17) is 16.3 Å². The molecule has 0 aliphatic rings. The van der Waals surface area contributed by atoms with Crippen molar-refractivity contribution in [3.63, 3.8) is 0 Å². The van der Waals surface area contributed by atoms with E-state index < -0.39 is 0 Å². The number of methoxy groups -OCH3 is 1. The van der Waals surface area contributed by atoms with Crippen LogP contribution in [0.4, 0.5) is 0 Å². The lowest BCUT2D eigenvalue weighted by atomic mass is 10.1. The fraction of sp³-hybridized carbons (Fsp3) is 0.250. The van der Waals surface area contributed by atoms with Crippen molar-refractivity contribution in [1.29, 1.82) is 0 Å². The van der Waals surface area contributed by atoms with E-state index in [-0.39, 0.29) is 0 Å². The Bertz CT molecular complexity index is 446. The van der Waals surface area contributed by atoms with Gasteiger partial charge in [-0.05, 0) is 28.8 Å². The van der Waals surface area contributed by atoms with Crippen molar-refractivity contribution in [3.8, 4) is 5.75 Å². The Morgan fingerprint density at radius 3 is 1.79 bits per heavy atom. The molecule has 0 aromatic heterocycles. The first-order valence-corrected chi connectivity index (χ1v) is 6.82. The molecule has 0 atom stereocenters. The molecular weight excluding hydrogens is 258 g/mol. The van der Waals surface area contributed by atoms with E-state index in [1.165, 1.54) is 11.1 Å². The smallest absolute Gasteiger partial charge is 0.118 e. The van der Waals surface area contributed by atoms with Gasteiger partial charge in [0, 0.05) is 19.0 Å². The molecule has 0 saturated carbocycles. The molecule has 3 heteroatoms. The molecule has 100 valence electrons. The second-order valence-electron chi connectivity index (χ2n) is 4.40. The molecule has 2 nitrogen and oxygen atoms in total. The van der Waals surface area contributed by atoms with E-state index in [0.717, 1.165) is 24.4 Å². The standard InChI is InChI=1S/C16H18ClNO/c1-19-16-8-6-15(7-9-16)12-18-11-14-4-2-13(10-17)3-5-14/h2-9,18H,10-12H2,1H3. The zero-order chi connectivity index (χ0) is 13.5. The molecular formula is C16H18ClNO. The number of halogens is 1. The first kappa shape index (κ1) is 13.9. The van der Waals surface area contributed by atoms with Crippen LogP contribution in [0.2, 0.25) is 0 Å². The molecule has 0 bridgehead atoms. The molecule has 0 spiro atoms. The molecule has 0 radical (unpaired) electrons. The SMILES string of the molecule is COc1ccc(CNCc2ccc(CCl)cc2)cc1. The Balaban J connectivity index is 1.81. The Labute approximate surface area is 119 Å². The number of hydrogen-bond acceptors (Lipinski definition) is 2. The van der Waals surface area contributed by atoms with Crippen LogP contribution in [0.25, 0.3) is 0 Å². The van der Waals surface area contributed by atoms with Crippen LogP contribution in [0, 0.1) is 0 Å². The zero-order valence-corrected chi connectivity index (χ0v) is 11.8. The van der Waals surface area contributed by atoms with Crippen LogP contribution in [0.1, 0.15) is 16.7 Å². The molecule has 0 fully saturated rings. The molecule has 2 aromatic rings. The van der Waals surface area contributed by atoms with Crippen LogP contribution in [0.3, 0.4) is 0 Å². The lowest BCUT2D eigenvalue weighted by Gasteiger charge is -2.06. The molecule has 1 N–H and O–H groups in total. The quantitative estimate of drug-likeness (QED) is 0.811. The minimum atomic E-state index is 0.569. The molecule has 0 aliphatic carbocycles. The van der Waals surface area contributed by atoms with Gasteiger partial charge in [0.25, 0.3) is 0 Å². The summed E-state index contributed by atoms with van der Waals surface area (Å²) in [5, 5.41) is 3.42. The van der Waals surface area contributed by atoms with Crippen LogP contribution in [0.5, 0.6) is 5.75 Å². The number of nitrogens with one attached hydrogen (secondary N) is 1. The summed E-state index contributed by atoms with van der Waals surface area (Å²) in [5.74, 6) is 1.46. The molecule has 2 rings (SSSR count). The predicted molar refractivity (Wildman–Crippen MR) is 79.5 cm³/mol. The highest BCUT2D eigenvalue weighted by Crippen LogP contribution is 2.11. The van der Waals surface area contributed by atoms with Crippen molar-refractivity contribution in [2.45, 2.75) is 19.0 Å². The van der Waals surface area contributed by atoms with Crippen molar-refractivity contribution in [2.75, 3.05) is 7.11 Å². The normalized spacial score (nSPS) is 10.4. The lowest BCUT2D eigenvalue weighted by molar-refractivity contribution is 0.414. The molecule has 0 saturated heterocycles. The third-order valence-corrected chi connectivity index (χ3v) is 3.30. The van der Waals surface area contributed by atoms with Gasteiger partial charge >= 0.3 is 0 Å². The summed E-state index contributed by atoms with van der Waals surface area (Å²) in [5.41, 5.74) is 3.67. The van der Waals surface area contributed by atoms with E-state index in [1.54, 1.807) is 7.11 Å². The second-order valence-corrected chi connectivity index (χ2v) is 4.67. The van der Waals surface area contributed by atoms with Gasteiger partial charge in [-0.2, -0.15) is 0 Å². The highest BCUT2D eigenvalue weighted by molar-refractivity contribution is 6.17. The highest BCUT2D eigenvalue weighted by atomic mass is 35.5. The largest absolute Gasteiger partial charge is 0.497 e. The van der Waals surface area contributed by atoms with Gasteiger partial charge in [-0.1, -0.05) is 36.4 Å². The van der Waals surface area contributed by atoms with E-state index >= 15 is 0 Å². The summed E-state index contributed by atoms with van der Waals surface area (Å²) in [6, 6.07) is 16.5. The van der Waals surface area contributed by atoms with Crippen molar-refractivity contribution < 1.29 is 4.74 Å². The Kier molecular flexibility index (Phi) is 5.25. The van der Waals surface area contributed by atoms with Crippen molar-refractivity contribution in [1.82, 2.24) is 5.32 Å². The summed E-state index contributed by atoms with van der Waals surface area (Å²) in [7, 11) is 1.68. The van der Waals surface area contributed by atoms with Crippen LogP contribution < -0.4 is 10.1 Å². The van der Waals surface area contributed by atoms with Gasteiger partial charge in [-0.15, -0.1) is 11.6 Å². The van der Waals surface area contributed by atoms with Gasteiger partial charge in [-0.25, -0.2) is 0 Å². The average molecular weight is 276 g/mol. The summed E-state index contributed by atoms with van der Waals surface area (Å²) >= 11 is 5.76. The summed E-state index contributed by atoms with van der Waals surface area (Å²) < 4.78 is 5.13. The Morgan fingerprint density at radius 1 is 0.842 bits per heavy atom. The van der Waals surface area contributed by atoms with Crippen LogP contribution >= 0.6 is 11.6 Å². The number of hydrogen-bond donors (Lipinski definition) is 1. The predicted octanol–water partition coefficient (Wildman–Crippen LogP) is 3.72. The minimum Gasteiger partial charge on any atom is -0.497 e. The van der Waals surface area contributed by atoms with Gasteiger partial charge in [0.05, 0.1) is 7.11 Å². The maximum Gasteiger partial charge on any atom is 0.118 e. The van der Waals surface area contributed by atoms with Crippen LogP contribution in [-0.2, 0) is 19.0 Å².